The molecule has 5 rings (SSSR count). The van der Waals surface area contributed by atoms with Crippen molar-refractivity contribution in [1.82, 2.24) is 0 Å². The van der Waals surface area contributed by atoms with Crippen molar-refractivity contribution in [3.8, 4) is 0 Å². The molecule has 1 fully saturated rings. The highest BCUT2D eigenvalue weighted by Gasteiger charge is 2.54. The Morgan fingerprint density at radius 2 is 0.795 bits per heavy atom. The smallest absolute Gasteiger partial charge is 0.340 e. The zero-order chi connectivity index (χ0) is 30.9. The summed E-state index contributed by atoms with van der Waals surface area (Å²) in [5.41, 5.74) is 0.641. The summed E-state index contributed by atoms with van der Waals surface area (Å²) in [6, 6.07) is 32.0. The lowest BCUT2D eigenvalue weighted by molar-refractivity contribution is -0.283. The minimum atomic E-state index is -1.67. The third-order valence-corrected chi connectivity index (χ3v) is 6.76. The summed E-state index contributed by atoms with van der Waals surface area (Å²) in [5.74, 6) is -3.34. The Morgan fingerprint density at radius 1 is 0.477 bits per heavy atom. The average Bonchev–Trinajstić information content (AvgIpc) is 3.08. The number of rotatable bonds is 9. The van der Waals surface area contributed by atoms with Gasteiger partial charge in [-0.1, -0.05) is 72.8 Å². The predicted molar refractivity (Wildman–Crippen MR) is 155 cm³/mol. The molecular formula is C34H28O10. The van der Waals surface area contributed by atoms with Gasteiger partial charge in [-0.25, -0.2) is 19.2 Å². The van der Waals surface area contributed by atoms with E-state index < -0.39 is 61.2 Å². The molecule has 10 nitrogen and oxygen atoms in total. The van der Waals surface area contributed by atoms with Crippen LogP contribution < -0.4 is 0 Å². The molecule has 0 saturated carbocycles. The second kappa shape index (κ2) is 14.2. The number of carbonyl (C=O) groups is 4. The molecule has 1 saturated heterocycles. The van der Waals surface area contributed by atoms with Crippen LogP contribution in [0.15, 0.2) is 121 Å². The van der Waals surface area contributed by atoms with E-state index in [-0.39, 0.29) is 22.3 Å². The summed E-state index contributed by atoms with van der Waals surface area (Å²) < 4.78 is 28.9. The van der Waals surface area contributed by atoms with Gasteiger partial charge in [0.15, 0.2) is 12.2 Å². The molecule has 0 unspecified atom stereocenters. The van der Waals surface area contributed by atoms with Crippen molar-refractivity contribution in [2.24, 2.45) is 0 Å². The van der Waals surface area contributed by atoms with Crippen LogP contribution in [0.25, 0.3) is 0 Å². The second-order valence-electron chi connectivity index (χ2n) is 9.70. The first-order chi connectivity index (χ1) is 21.4. The van der Waals surface area contributed by atoms with Gasteiger partial charge in [0.05, 0.1) is 28.9 Å². The molecule has 4 aromatic carbocycles. The van der Waals surface area contributed by atoms with Gasteiger partial charge in [0, 0.05) is 0 Å². The maximum Gasteiger partial charge on any atom is 0.340 e. The summed E-state index contributed by atoms with van der Waals surface area (Å²) in [7, 11) is 0. The molecule has 0 radical (unpaired) electrons. The van der Waals surface area contributed by atoms with Gasteiger partial charge in [0.25, 0.3) is 0 Å². The van der Waals surface area contributed by atoms with Gasteiger partial charge in [-0.05, 0) is 48.5 Å². The Bertz CT molecular complexity index is 1560. The molecule has 224 valence electrons. The number of hydrogen-bond acceptors (Lipinski definition) is 10. The SMILES string of the molecule is O=C(O[C@@H]1O[C@H](CO)[C@@H](OC(=O)c2ccccc2)[C@@H](OC(=O)c2ccccc2)[C@H]1OC(=O)c1ccccc1)c1ccccc1. The maximum atomic E-state index is 13.3. The minimum Gasteiger partial charge on any atom is -0.452 e. The third kappa shape index (κ3) is 7.17. The number of esters is 4. The first kappa shape index (κ1) is 30.1. The van der Waals surface area contributed by atoms with Gasteiger partial charge in [-0.2, -0.15) is 0 Å². The fourth-order valence-corrected chi connectivity index (χ4v) is 4.57. The predicted octanol–water partition coefficient (Wildman–Crippen LogP) is 4.24. The molecule has 1 heterocycles. The number of hydrogen-bond donors (Lipinski definition) is 1. The fourth-order valence-electron chi connectivity index (χ4n) is 4.57. The molecule has 4 aromatic rings. The second-order valence-corrected chi connectivity index (χ2v) is 9.70. The standard InChI is InChI=1S/C34H28O10/c35-21-26-27(41-30(36)22-13-5-1-6-14-22)28(42-31(37)23-15-7-2-8-16-23)29(43-32(38)24-17-9-3-10-18-24)34(40-26)44-33(39)25-19-11-4-12-20-25/h1-20,26-29,34-35H,21H2/t26-,27-,28-,29-,34+/m1/s1. The molecule has 0 aliphatic carbocycles. The summed E-state index contributed by atoms with van der Waals surface area (Å²) in [6.07, 6.45) is -7.72. The number of aliphatic hydroxyl groups excluding tert-OH is 1. The molecule has 0 aromatic heterocycles. The summed E-state index contributed by atoms with van der Waals surface area (Å²) >= 11 is 0. The monoisotopic (exact) mass is 596 g/mol. The van der Waals surface area contributed by atoms with Gasteiger partial charge in [0.2, 0.25) is 12.4 Å². The molecule has 0 spiro atoms. The lowest BCUT2D eigenvalue weighted by Crippen LogP contribution is -2.63. The first-order valence-corrected chi connectivity index (χ1v) is 13.7. The zero-order valence-electron chi connectivity index (χ0n) is 23.3. The Balaban J connectivity index is 1.54. The number of carbonyl (C=O) groups excluding carboxylic acids is 4. The summed E-state index contributed by atoms with van der Waals surface area (Å²) in [4.78, 5) is 52.9. The number of ether oxygens (including phenoxy) is 5. The lowest BCUT2D eigenvalue weighted by atomic mass is 9.97. The van der Waals surface area contributed by atoms with Crippen LogP contribution in [0, 0.1) is 0 Å². The van der Waals surface area contributed by atoms with Gasteiger partial charge < -0.3 is 28.8 Å². The van der Waals surface area contributed by atoms with Crippen molar-refractivity contribution in [3.63, 3.8) is 0 Å². The van der Waals surface area contributed by atoms with Crippen LogP contribution in [0.3, 0.4) is 0 Å². The van der Waals surface area contributed by atoms with Crippen LogP contribution in [-0.4, -0.2) is 66.3 Å². The van der Waals surface area contributed by atoms with E-state index in [2.05, 4.69) is 0 Å². The zero-order valence-corrected chi connectivity index (χ0v) is 23.3. The first-order valence-electron chi connectivity index (χ1n) is 13.7. The quantitative estimate of drug-likeness (QED) is 0.221. The van der Waals surface area contributed by atoms with Crippen molar-refractivity contribution < 1.29 is 48.0 Å². The maximum absolute atomic E-state index is 13.3. The van der Waals surface area contributed by atoms with E-state index in [1.165, 1.54) is 48.5 Å². The van der Waals surface area contributed by atoms with Crippen LogP contribution >= 0.6 is 0 Å². The number of aliphatic hydroxyl groups is 1. The normalized spacial score (nSPS) is 21.0. The molecule has 0 amide bonds. The molecule has 10 heteroatoms. The van der Waals surface area contributed by atoms with E-state index in [4.69, 9.17) is 23.7 Å². The van der Waals surface area contributed by atoms with E-state index in [9.17, 15) is 24.3 Å². The minimum absolute atomic E-state index is 0.149. The Labute approximate surface area is 252 Å². The molecule has 5 atom stereocenters. The highest BCUT2D eigenvalue weighted by molar-refractivity contribution is 5.92. The molecule has 1 aliphatic heterocycles. The number of benzene rings is 4. The molecule has 44 heavy (non-hydrogen) atoms. The highest BCUT2D eigenvalue weighted by Crippen LogP contribution is 2.31. The Hall–Kier alpha value is -5.32. The van der Waals surface area contributed by atoms with Crippen molar-refractivity contribution in [3.05, 3.63) is 144 Å². The molecule has 0 bridgehead atoms. The fraction of sp³-hybridized carbons (Fsp3) is 0.176. The van der Waals surface area contributed by atoms with Gasteiger partial charge >= 0.3 is 23.9 Å². The van der Waals surface area contributed by atoms with E-state index in [1.54, 1.807) is 72.8 Å². The Kier molecular flexibility index (Phi) is 9.75. The van der Waals surface area contributed by atoms with Crippen LogP contribution in [-0.2, 0) is 23.7 Å². The van der Waals surface area contributed by atoms with Crippen LogP contribution in [0.4, 0.5) is 0 Å². The van der Waals surface area contributed by atoms with Crippen LogP contribution in [0.2, 0.25) is 0 Å². The van der Waals surface area contributed by atoms with Crippen molar-refractivity contribution >= 4 is 23.9 Å². The van der Waals surface area contributed by atoms with Crippen LogP contribution in [0.5, 0.6) is 0 Å². The van der Waals surface area contributed by atoms with Crippen molar-refractivity contribution in [1.29, 1.82) is 0 Å². The van der Waals surface area contributed by atoms with Crippen molar-refractivity contribution in [2.45, 2.75) is 30.7 Å². The van der Waals surface area contributed by atoms with Gasteiger partial charge in [-0.15, -0.1) is 0 Å². The largest absolute Gasteiger partial charge is 0.452 e. The van der Waals surface area contributed by atoms with Gasteiger partial charge in [0.1, 0.15) is 6.10 Å². The highest BCUT2D eigenvalue weighted by atomic mass is 16.7. The molecule has 1 aliphatic rings. The van der Waals surface area contributed by atoms with E-state index >= 15 is 0 Å². The van der Waals surface area contributed by atoms with E-state index in [0.29, 0.717) is 0 Å². The third-order valence-electron chi connectivity index (χ3n) is 6.76. The molecule has 1 N–H and O–H groups in total. The summed E-state index contributed by atoms with van der Waals surface area (Å²) in [6.45, 7) is -0.731. The topological polar surface area (TPSA) is 135 Å². The average molecular weight is 597 g/mol. The lowest BCUT2D eigenvalue weighted by Gasteiger charge is -2.43. The van der Waals surface area contributed by atoms with Gasteiger partial charge in [-0.3, -0.25) is 0 Å². The van der Waals surface area contributed by atoms with E-state index in [1.807, 2.05) is 0 Å². The Morgan fingerprint density at radius 3 is 1.16 bits per heavy atom. The van der Waals surface area contributed by atoms with Crippen molar-refractivity contribution in [2.75, 3.05) is 6.61 Å². The molecular weight excluding hydrogens is 568 g/mol. The summed E-state index contributed by atoms with van der Waals surface area (Å²) in [5, 5.41) is 10.3. The van der Waals surface area contributed by atoms with Crippen LogP contribution in [0.1, 0.15) is 41.4 Å². The van der Waals surface area contributed by atoms with E-state index in [0.717, 1.165) is 0 Å².